The Morgan fingerprint density at radius 1 is 1.38 bits per heavy atom. The Hall–Kier alpha value is -0.550. The summed E-state index contributed by atoms with van der Waals surface area (Å²) in [5, 5.41) is 1.18. The van der Waals surface area contributed by atoms with Crippen molar-refractivity contribution in [2.45, 2.75) is 19.2 Å². The van der Waals surface area contributed by atoms with Crippen molar-refractivity contribution in [3.05, 3.63) is 21.4 Å². The van der Waals surface area contributed by atoms with Gasteiger partial charge < -0.3 is 4.74 Å². The second kappa shape index (κ2) is 2.99. The molecule has 1 aliphatic heterocycles. The third-order valence-electron chi connectivity index (χ3n) is 2.01. The van der Waals surface area contributed by atoms with Crippen LogP contribution in [0.2, 0.25) is 0 Å². The summed E-state index contributed by atoms with van der Waals surface area (Å²) in [7, 11) is 0. The maximum atomic E-state index is 12.4. The fourth-order valence-electron chi connectivity index (χ4n) is 1.37. The molecule has 0 aliphatic carbocycles. The van der Waals surface area contributed by atoms with E-state index in [1.165, 1.54) is 16.7 Å². The molecule has 0 unspecified atom stereocenters. The number of halogens is 3. The van der Waals surface area contributed by atoms with E-state index in [1.54, 1.807) is 0 Å². The second-order valence-corrected chi connectivity index (χ2v) is 3.82. The Balaban J connectivity index is 2.43. The third-order valence-corrected chi connectivity index (χ3v) is 3.09. The minimum atomic E-state index is -4.23. The number of fused-ring (bicyclic) bond motifs is 1. The molecule has 72 valence electrons. The van der Waals surface area contributed by atoms with Crippen LogP contribution in [0.15, 0.2) is 5.38 Å². The number of ether oxygens (including phenoxy) is 1. The van der Waals surface area contributed by atoms with Gasteiger partial charge in [0.2, 0.25) is 0 Å². The number of thiophene rings is 1. The van der Waals surface area contributed by atoms with Crippen LogP contribution in [0.3, 0.4) is 0 Å². The molecule has 0 N–H and O–H groups in total. The van der Waals surface area contributed by atoms with Gasteiger partial charge in [-0.2, -0.15) is 13.2 Å². The molecule has 0 saturated carbocycles. The second-order valence-electron chi connectivity index (χ2n) is 2.85. The van der Waals surface area contributed by atoms with Gasteiger partial charge in [0.15, 0.2) is 0 Å². The van der Waals surface area contributed by atoms with E-state index < -0.39 is 11.7 Å². The van der Waals surface area contributed by atoms with Crippen LogP contribution in [0.4, 0.5) is 13.2 Å². The summed E-state index contributed by atoms with van der Waals surface area (Å²) in [6.07, 6.45) is -3.62. The van der Waals surface area contributed by atoms with E-state index in [0.717, 1.165) is 4.88 Å². The van der Waals surface area contributed by atoms with Crippen molar-refractivity contribution in [1.82, 2.24) is 0 Å². The van der Waals surface area contributed by atoms with E-state index >= 15 is 0 Å². The predicted octanol–water partition coefficient (Wildman–Crippen LogP) is 2.84. The highest BCUT2D eigenvalue weighted by Gasteiger charge is 2.36. The van der Waals surface area contributed by atoms with Crippen molar-refractivity contribution in [2.75, 3.05) is 6.61 Å². The molecule has 0 atom stereocenters. The smallest absolute Gasteiger partial charge is 0.376 e. The Morgan fingerprint density at radius 3 is 2.85 bits per heavy atom. The van der Waals surface area contributed by atoms with Crippen molar-refractivity contribution >= 4 is 11.3 Å². The highest BCUT2D eigenvalue weighted by atomic mass is 32.1. The van der Waals surface area contributed by atoms with Crippen LogP contribution < -0.4 is 0 Å². The van der Waals surface area contributed by atoms with Crippen LogP contribution in [0.5, 0.6) is 0 Å². The minimum Gasteiger partial charge on any atom is -0.376 e. The van der Waals surface area contributed by atoms with Crippen molar-refractivity contribution in [3.63, 3.8) is 0 Å². The Morgan fingerprint density at radius 2 is 2.15 bits per heavy atom. The lowest BCUT2D eigenvalue weighted by atomic mass is 10.1. The number of alkyl halides is 3. The molecule has 0 radical (unpaired) electrons. The summed E-state index contributed by atoms with van der Waals surface area (Å²) in [5.74, 6) is 0. The first kappa shape index (κ1) is 9.02. The quantitative estimate of drug-likeness (QED) is 0.637. The lowest BCUT2D eigenvalue weighted by Gasteiger charge is -2.14. The van der Waals surface area contributed by atoms with Gasteiger partial charge in [0.25, 0.3) is 0 Å². The molecule has 0 spiro atoms. The first-order valence-corrected chi connectivity index (χ1v) is 4.71. The van der Waals surface area contributed by atoms with E-state index in [4.69, 9.17) is 4.74 Å². The van der Waals surface area contributed by atoms with Gasteiger partial charge in [0.05, 0.1) is 18.8 Å². The summed E-state index contributed by atoms with van der Waals surface area (Å²) in [5.41, 5.74) is -0.184. The predicted molar refractivity (Wildman–Crippen MR) is 42.7 cm³/mol. The molecule has 13 heavy (non-hydrogen) atoms. The van der Waals surface area contributed by atoms with E-state index in [-0.39, 0.29) is 6.61 Å². The molecule has 0 aromatic carbocycles. The van der Waals surface area contributed by atoms with Gasteiger partial charge in [-0.15, -0.1) is 11.3 Å². The number of rotatable bonds is 0. The molecular formula is C8H7F3OS. The maximum Gasteiger partial charge on any atom is 0.417 e. The largest absolute Gasteiger partial charge is 0.417 e. The maximum absolute atomic E-state index is 12.4. The van der Waals surface area contributed by atoms with Gasteiger partial charge >= 0.3 is 6.18 Å². The fraction of sp³-hybridized carbons (Fsp3) is 0.500. The molecular weight excluding hydrogens is 201 g/mol. The van der Waals surface area contributed by atoms with Gasteiger partial charge in [-0.25, -0.2) is 0 Å². The summed E-state index contributed by atoms with van der Waals surface area (Å²) in [6.45, 7) is 0.637. The van der Waals surface area contributed by atoms with Gasteiger partial charge in [-0.05, 0) is 0 Å². The van der Waals surface area contributed by atoms with Gasteiger partial charge in [-0.1, -0.05) is 0 Å². The van der Waals surface area contributed by atoms with Gasteiger partial charge in [-0.3, -0.25) is 0 Å². The molecule has 2 heterocycles. The molecule has 5 heteroatoms. The average Bonchev–Trinajstić information content (AvgIpc) is 2.45. The van der Waals surface area contributed by atoms with Crippen LogP contribution in [-0.4, -0.2) is 6.61 Å². The number of hydrogen-bond acceptors (Lipinski definition) is 2. The lowest BCUT2D eigenvalue weighted by Crippen LogP contribution is -2.13. The topological polar surface area (TPSA) is 9.23 Å². The minimum absolute atomic E-state index is 0.105. The zero-order valence-electron chi connectivity index (χ0n) is 6.65. The standard InChI is InChI=1S/C8H7F3OS/c9-8(10,11)6-4-13-7-1-2-12-3-5(6)7/h4H,1-3H2. The summed E-state index contributed by atoms with van der Waals surface area (Å²) in [4.78, 5) is 0.818. The van der Waals surface area contributed by atoms with Crippen molar-refractivity contribution in [3.8, 4) is 0 Å². The summed E-state index contributed by atoms with van der Waals surface area (Å²) >= 11 is 1.18. The van der Waals surface area contributed by atoms with Crippen molar-refractivity contribution < 1.29 is 17.9 Å². The van der Waals surface area contributed by atoms with Crippen LogP contribution in [-0.2, 0) is 23.9 Å². The Labute approximate surface area is 77.1 Å². The van der Waals surface area contributed by atoms with Crippen LogP contribution in [0.1, 0.15) is 16.0 Å². The SMILES string of the molecule is FC(F)(F)c1csc2c1COCC2. The average molecular weight is 208 g/mol. The van der Waals surface area contributed by atoms with Crippen molar-refractivity contribution in [1.29, 1.82) is 0 Å². The number of hydrogen-bond donors (Lipinski definition) is 0. The third kappa shape index (κ3) is 1.58. The molecule has 1 aliphatic rings. The molecule has 1 nitrogen and oxygen atoms in total. The molecule has 2 rings (SSSR count). The van der Waals surface area contributed by atoms with Gasteiger partial charge in [0.1, 0.15) is 0 Å². The molecule has 0 saturated heterocycles. The monoisotopic (exact) mass is 208 g/mol. The highest BCUT2D eigenvalue weighted by Crippen LogP contribution is 2.38. The van der Waals surface area contributed by atoms with E-state index in [2.05, 4.69) is 0 Å². The lowest BCUT2D eigenvalue weighted by molar-refractivity contribution is -0.138. The van der Waals surface area contributed by atoms with Crippen molar-refractivity contribution in [2.24, 2.45) is 0 Å². The normalized spacial score (nSPS) is 17.2. The molecule has 0 amide bonds. The molecule has 1 aromatic heterocycles. The molecule has 0 bridgehead atoms. The first-order valence-electron chi connectivity index (χ1n) is 3.83. The zero-order chi connectivity index (χ0) is 9.47. The van der Waals surface area contributed by atoms with Crippen LogP contribution in [0.25, 0.3) is 0 Å². The highest BCUT2D eigenvalue weighted by molar-refractivity contribution is 7.10. The summed E-state index contributed by atoms with van der Waals surface area (Å²) < 4.78 is 42.1. The molecule has 0 fully saturated rings. The Bertz CT molecular complexity index is 316. The summed E-state index contributed by atoms with van der Waals surface area (Å²) in [6, 6.07) is 0. The van der Waals surface area contributed by atoms with E-state index in [1.807, 2.05) is 0 Å². The van der Waals surface area contributed by atoms with Crippen LogP contribution >= 0.6 is 11.3 Å². The van der Waals surface area contributed by atoms with E-state index in [9.17, 15) is 13.2 Å². The fourth-order valence-corrected chi connectivity index (χ4v) is 2.42. The van der Waals surface area contributed by atoms with Crippen LogP contribution in [0, 0.1) is 0 Å². The van der Waals surface area contributed by atoms with E-state index in [0.29, 0.717) is 18.6 Å². The Kier molecular flexibility index (Phi) is 2.08. The zero-order valence-corrected chi connectivity index (χ0v) is 7.47. The molecule has 1 aromatic rings. The first-order chi connectivity index (χ1) is 6.09. The van der Waals surface area contributed by atoms with Gasteiger partial charge in [0, 0.05) is 22.2 Å².